The van der Waals surface area contributed by atoms with Gasteiger partial charge in [-0.15, -0.1) is 0 Å². The van der Waals surface area contributed by atoms with Crippen LogP contribution in [0, 0.1) is 0 Å². The molecule has 2 aromatic carbocycles. The molecule has 0 bridgehead atoms. The minimum Gasteiger partial charge on any atom is -0.491 e. The van der Waals surface area contributed by atoms with Gasteiger partial charge in [0.2, 0.25) is 0 Å². The third-order valence-electron chi connectivity index (χ3n) is 3.59. The lowest BCUT2D eigenvalue weighted by Gasteiger charge is -2.17. The number of ether oxygens (including phenoxy) is 4. The summed E-state index contributed by atoms with van der Waals surface area (Å²) in [6, 6.07) is 18.6. The highest BCUT2D eigenvalue weighted by molar-refractivity contribution is 6.33. The van der Waals surface area contributed by atoms with E-state index >= 15 is 0 Å². The summed E-state index contributed by atoms with van der Waals surface area (Å²) >= 11 is 0. The van der Waals surface area contributed by atoms with Gasteiger partial charge in [0.1, 0.15) is 30.8 Å². The smallest absolute Gasteiger partial charge is 0.416 e. The minimum atomic E-state index is -0.716. The van der Waals surface area contributed by atoms with Crippen molar-refractivity contribution in [1.29, 1.82) is 0 Å². The van der Waals surface area contributed by atoms with Crippen molar-refractivity contribution in [2.75, 3.05) is 26.9 Å². The Morgan fingerprint density at radius 1 is 0.963 bits per heavy atom. The summed E-state index contributed by atoms with van der Waals surface area (Å²) in [4.78, 5) is 14.6. The Balaban J connectivity index is 1.89. The van der Waals surface area contributed by atoms with Crippen molar-refractivity contribution in [1.82, 2.24) is 0 Å². The van der Waals surface area contributed by atoms with Crippen molar-refractivity contribution in [2.45, 2.75) is 12.5 Å². The van der Waals surface area contributed by atoms with E-state index in [-0.39, 0.29) is 25.3 Å². The fraction of sp³-hybridized carbons (Fsp3) is 0.300. The Labute approximate surface area is 158 Å². The molecule has 0 N–H and O–H groups in total. The number of methoxy groups -OCH3 is 1. The average Bonchev–Trinajstić information content (AvgIpc) is 2.73. The van der Waals surface area contributed by atoms with Crippen molar-refractivity contribution in [3.63, 3.8) is 0 Å². The first-order chi connectivity index (χ1) is 13.2. The second kappa shape index (κ2) is 11.5. The van der Waals surface area contributed by atoms with Crippen molar-refractivity contribution >= 4 is 11.7 Å². The van der Waals surface area contributed by atoms with Crippen LogP contribution in [0.4, 0.5) is 0 Å². The molecule has 0 spiro atoms. The number of hydrogen-bond acceptors (Lipinski definition) is 5. The molecule has 2 rings (SSSR count). The second-order valence-electron chi connectivity index (χ2n) is 5.52. The summed E-state index contributed by atoms with van der Waals surface area (Å²) in [5, 5.41) is 0. The average molecular weight is 370 g/mol. The van der Waals surface area contributed by atoms with Crippen LogP contribution in [0.15, 0.2) is 60.7 Å². The molecule has 27 heavy (non-hydrogen) atoms. The van der Waals surface area contributed by atoms with Gasteiger partial charge in [-0.2, -0.15) is 4.79 Å². The lowest BCUT2D eigenvalue weighted by molar-refractivity contribution is -0.138. The first kappa shape index (κ1) is 20.2. The van der Waals surface area contributed by atoms with Gasteiger partial charge in [-0.25, -0.2) is 4.79 Å². The zero-order chi connectivity index (χ0) is 19.3. The number of esters is 1. The molecule has 0 saturated carbocycles. The highest BCUT2D eigenvalue weighted by Crippen LogP contribution is 2.12. The van der Waals surface area contributed by atoms with Crippen molar-refractivity contribution in [3.05, 3.63) is 66.2 Å². The van der Waals surface area contributed by atoms with Gasteiger partial charge in [0.15, 0.2) is 0 Å². The Morgan fingerprint density at radius 2 is 1.56 bits per heavy atom. The van der Waals surface area contributed by atoms with Crippen molar-refractivity contribution in [2.24, 2.45) is 0 Å². The molecule has 0 aliphatic heterocycles. The maximum Gasteiger partial charge on any atom is 0.416 e. The molecule has 142 valence electrons. The van der Waals surface area contributed by atoms with E-state index in [9.17, 15) is 4.79 Å². The SMILES string of the molecule is COC(=O)C(CC(COc1ccccc1)OCCOc1ccccc1)=[N+]=[N-]. The van der Waals surface area contributed by atoms with E-state index in [1.54, 1.807) is 0 Å². The van der Waals surface area contributed by atoms with Crippen molar-refractivity contribution < 1.29 is 28.5 Å². The molecule has 0 radical (unpaired) electrons. The Kier molecular flexibility index (Phi) is 8.56. The summed E-state index contributed by atoms with van der Waals surface area (Å²) in [6.45, 7) is 0.776. The maximum absolute atomic E-state index is 11.6. The minimum absolute atomic E-state index is 0.0430. The number of nitrogens with zero attached hydrogens (tertiary/aromatic N) is 2. The largest absolute Gasteiger partial charge is 0.491 e. The van der Waals surface area contributed by atoms with Gasteiger partial charge in [-0.1, -0.05) is 36.4 Å². The molecule has 0 amide bonds. The van der Waals surface area contributed by atoms with E-state index in [0.29, 0.717) is 12.4 Å². The van der Waals surface area contributed by atoms with Gasteiger partial charge in [-0.3, -0.25) is 0 Å². The summed E-state index contributed by atoms with van der Waals surface area (Å²) in [7, 11) is 1.22. The first-order valence-electron chi connectivity index (χ1n) is 8.49. The Hall–Kier alpha value is -3.15. The highest BCUT2D eigenvalue weighted by Gasteiger charge is 2.27. The van der Waals surface area contributed by atoms with Crippen LogP contribution in [0.2, 0.25) is 0 Å². The fourth-order valence-electron chi connectivity index (χ4n) is 2.26. The van der Waals surface area contributed by atoms with E-state index in [1.165, 1.54) is 7.11 Å². The van der Waals surface area contributed by atoms with Crippen LogP contribution in [-0.2, 0) is 14.3 Å². The van der Waals surface area contributed by atoms with Crippen LogP contribution in [0.3, 0.4) is 0 Å². The number of hydrogen-bond donors (Lipinski definition) is 0. The summed E-state index contributed by atoms with van der Waals surface area (Å²) in [6.07, 6.45) is -0.476. The molecule has 0 aliphatic carbocycles. The molecule has 0 aromatic heterocycles. The van der Waals surface area contributed by atoms with Crippen LogP contribution in [0.25, 0.3) is 5.53 Å². The van der Waals surface area contributed by atoms with E-state index in [4.69, 9.17) is 19.7 Å². The molecule has 0 heterocycles. The van der Waals surface area contributed by atoms with E-state index in [1.807, 2.05) is 60.7 Å². The van der Waals surface area contributed by atoms with Gasteiger partial charge < -0.3 is 24.5 Å². The number of rotatable bonds is 11. The topological polar surface area (TPSA) is 90.4 Å². The van der Waals surface area contributed by atoms with E-state index < -0.39 is 12.1 Å². The van der Waals surface area contributed by atoms with Gasteiger partial charge in [-0.05, 0) is 24.3 Å². The maximum atomic E-state index is 11.6. The van der Waals surface area contributed by atoms with Crippen molar-refractivity contribution in [3.8, 4) is 11.5 Å². The summed E-state index contributed by atoms with van der Waals surface area (Å²) in [5.74, 6) is 0.698. The molecule has 1 unspecified atom stereocenters. The first-order valence-corrected chi connectivity index (χ1v) is 8.49. The highest BCUT2D eigenvalue weighted by atomic mass is 16.6. The van der Waals surface area contributed by atoms with Crippen LogP contribution in [0.1, 0.15) is 6.42 Å². The second-order valence-corrected chi connectivity index (χ2v) is 5.52. The third kappa shape index (κ3) is 7.32. The molecule has 2 aromatic rings. The van der Waals surface area contributed by atoms with Crippen LogP contribution in [0.5, 0.6) is 11.5 Å². The number of para-hydroxylation sites is 2. The molecule has 7 heteroatoms. The van der Waals surface area contributed by atoms with Crippen LogP contribution < -0.4 is 9.47 Å². The molecule has 7 nitrogen and oxygen atoms in total. The van der Waals surface area contributed by atoms with E-state index in [2.05, 4.69) is 9.53 Å². The number of benzene rings is 2. The molecule has 0 saturated heterocycles. The quantitative estimate of drug-likeness (QED) is 0.199. The molecular formula is C20H22N2O5. The monoisotopic (exact) mass is 370 g/mol. The lowest BCUT2D eigenvalue weighted by Crippen LogP contribution is -2.30. The van der Waals surface area contributed by atoms with Crippen LogP contribution >= 0.6 is 0 Å². The summed E-state index contributed by atoms with van der Waals surface area (Å²) in [5.41, 5.74) is 8.91. The molecular weight excluding hydrogens is 348 g/mol. The van der Waals surface area contributed by atoms with Gasteiger partial charge in [0, 0.05) is 0 Å². The lowest BCUT2D eigenvalue weighted by atomic mass is 10.2. The fourth-order valence-corrected chi connectivity index (χ4v) is 2.26. The summed E-state index contributed by atoms with van der Waals surface area (Å²) < 4.78 is 21.6. The predicted molar refractivity (Wildman–Crippen MR) is 98.9 cm³/mol. The molecule has 0 fully saturated rings. The van der Waals surface area contributed by atoms with Gasteiger partial charge in [0.25, 0.3) is 0 Å². The Morgan fingerprint density at radius 3 is 2.11 bits per heavy atom. The normalized spacial score (nSPS) is 11.1. The standard InChI is InChI=1S/C20H22N2O5/c1-24-20(23)19(22-21)14-18(15-27-17-10-6-3-7-11-17)26-13-12-25-16-8-4-2-5-9-16/h2-11,18H,12-15H2,1H3. The van der Waals surface area contributed by atoms with Crippen LogP contribution in [-0.4, -0.2) is 49.5 Å². The Bertz CT molecular complexity index is 745. The number of carbonyl (C=O) groups is 1. The molecule has 1 atom stereocenters. The van der Waals surface area contributed by atoms with Gasteiger partial charge >= 0.3 is 11.7 Å². The van der Waals surface area contributed by atoms with E-state index in [0.717, 1.165) is 5.75 Å². The number of carbonyl (C=O) groups excluding carboxylic acids is 1. The zero-order valence-corrected chi connectivity index (χ0v) is 15.1. The van der Waals surface area contributed by atoms with Gasteiger partial charge in [0.05, 0.1) is 20.1 Å². The predicted octanol–water partition coefficient (Wildman–Crippen LogP) is 2.76. The zero-order valence-electron chi connectivity index (χ0n) is 15.1. The third-order valence-corrected chi connectivity index (χ3v) is 3.59. The molecule has 0 aliphatic rings.